The van der Waals surface area contributed by atoms with E-state index in [0.29, 0.717) is 18.6 Å². The molecule has 0 amide bonds. The molecule has 0 unspecified atom stereocenters. The number of ketones is 2. The summed E-state index contributed by atoms with van der Waals surface area (Å²) >= 11 is 0. The number of carbonyl (C=O) groups excluding carboxylic acids is 2. The van der Waals surface area contributed by atoms with Gasteiger partial charge in [-0.25, -0.2) is 0 Å². The van der Waals surface area contributed by atoms with E-state index in [9.17, 15) is 9.59 Å². The van der Waals surface area contributed by atoms with E-state index >= 15 is 0 Å². The maximum atomic E-state index is 12.8. The maximum Gasteiger partial charge on any atom is 0.163 e. The first-order chi connectivity index (χ1) is 15.7. The predicted molar refractivity (Wildman–Crippen MR) is 127 cm³/mol. The summed E-state index contributed by atoms with van der Waals surface area (Å²) in [5.74, 6) is 0.824. The number of rotatable bonds is 8. The Kier molecular flexibility index (Phi) is 5.64. The van der Waals surface area contributed by atoms with Gasteiger partial charge < -0.3 is 0 Å². The lowest BCUT2D eigenvalue weighted by molar-refractivity contribution is -0.119. The molecule has 3 aromatic carbocycles. The lowest BCUT2D eigenvalue weighted by atomic mass is 9.98. The minimum Gasteiger partial charge on any atom is -0.299 e. The summed E-state index contributed by atoms with van der Waals surface area (Å²) in [5.41, 5.74) is 4.14. The summed E-state index contributed by atoms with van der Waals surface area (Å²) in [6.07, 6.45) is 6.25. The third kappa shape index (κ3) is 4.52. The van der Waals surface area contributed by atoms with Crippen LogP contribution in [0.2, 0.25) is 0 Å². The van der Waals surface area contributed by atoms with Crippen LogP contribution in [0.25, 0.3) is 10.8 Å². The van der Waals surface area contributed by atoms with E-state index in [4.69, 9.17) is 0 Å². The highest BCUT2D eigenvalue weighted by Crippen LogP contribution is 2.48. The fraction of sp³-hybridized carbons (Fsp3) is 0.207. The van der Waals surface area contributed by atoms with Gasteiger partial charge in [0.05, 0.1) is 0 Å². The van der Waals surface area contributed by atoms with E-state index in [0.717, 1.165) is 40.3 Å². The largest absolute Gasteiger partial charge is 0.299 e. The molecular formula is C29H25NO2. The number of benzene rings is 3. The molecule has 0 aliphatic heterocycles. The third-order valence-electron chi connectivity index (χ3n) is 6.43. The summed E-state index contributed by atoms with van der Waals surface area (Å²) in [4.78, 5) is 29.5. The second-order valence-corrected chi connectivity index (χ2v) is 8.68. The van der Waals surface area contributed by atoms with Gasteiger partial charge in [-0.15, -0.1) is 0 Å². The number of aromatic nitrogens is 1. The van der Waals surface area contributed by atoms with Crippen molar-refractivity contribution in [1.29, 1.82) is 0 Å². The highest BCUT2D eigenvalue weighted by molar-refractivity contribution is 5.96. The number of nitrogens with zero attached hydrogens (tertiary/aromatic N) is 1. The lowest BCUT2D eigenvalue weighted by Gasteiger charge is -2.05. The number of carbonyl (C=O) groups is 2. The van der Waals surface area contributed by atoms with E-state index in [1.165, 1.54) is 5.56 Å². The van der Waals surface area contributed by atoms with E-state index < -0.39 is 0 Å². The second kappa shape index (κ2) is 8.88. The molecule has 1 saturated carbocycles. The van der Waals surface area contributed by atoms with Gasteiger partial charge in [0.2, 0.25) is 0 Å². The molecule has 1 fully saturated rings. The monoisotopic (exact) mass is 419 g/mol. The summed E-state index contributed by atoms with van der Waals surface area (Å²) in [5, 5.41) is 2.21. The summed E-state index contributed by atoms with van der Waals surface area (Å²) in [6.45, 7) is 0. The van der Waals surface area contributed by atoms with Gasteiger partial charge in [-0.05, 0) is 46.9 Å². The molecule has 158 valence electrons. The number of pyridine rings is 1. The van der Waals surface area contributed by atoms with Crippen LogP contribution < -0.4 is 0 Å². The van der Waals surface area contributed by atoms with Crippen LogP contribution in [0.5, 0.6) is 0 Å². The van der Waals surface area contributed by atoms with Crippen LogP contribution in [0.1, 0.15) is 45.8 Å². The predicted octanol–water partition coefficient (Wildman–Crippen LogP) is 5.97. The molecule has 3 nitrogen and oxygen atoms in total. The van der Waals surface area contributed by atoms with Crippen LogP contribution in [0, 0.1) is 5.92 Å². The van der Waals surface area contributed by atoms with Gasteiger partial charge in [0, 0.05) is 42.1 Å². The normalized spacial score (nSPS) is 17.2. The molecule has 5 rings (SSSR count). The minimum absolute atomic E-state index is 0.0859. The molecule has 4 aromatic rings. The van der Waals surface area contributed by atoms with Crippen LogP contribution in [0.15, 0.2) is 91.3 Å². The van der Waals surface area contributed by atoms with Crippen LogP contribution in [-0.2, 0) is 17.6 Å². The molecule has 0 saturated heterocycles. The molecule has 1 aromatic heterocycles. The quantitative estimate of drug-likeness (QED) is 0.331. The zero-order valence-corrected chi connectivity index (χ0v) is 17.9. The van der Waals surface area contributed by atoms with Gasteiger partial charge in [-0.3, -0.25) is 14.6 Å². The van der Waals surface area contributed by atoms with Crippen molar-refractivity contribution in [3.63, 3.8) is 0 Å². The second-order valence-electron chi connectivity index (χ2n) is 8.68. The molecule has 1 heterocycles. The van der Waals surface area contributed by atoms with Gasteiger partial charge in [0.15, 0.2) is 5.78 Å². The first-order valence-corrected chi connectivity index (χ1v) is 11.2. The molecule has 32 heavy (non-hydrogen) atoms. The number of fused-ring (bicyclic) bond motifs is 1. The SMILES string of the molecule is O=C(CCc1ccccc1)c1ccc([C@@H]2C[C@H]2C(=O)Cc2ccc3cnccc3c2)cc1. The highest BCUT2D eigenvalue weighted by atomic mass is 16.1. The Morgan fingerprint density at radius 1 is 0.844 bits per heavy atom. The average molecular weight is 420 g/mol. The van der Waals surface area contributed by atoms with E-state index in [1.807, 2.05) is 66.9 Å². The lowest BCUT2D eigenvalue weighted by Crippen LogP contribution is -2.06. The Balaban J connectivity index is 1.17. The van der Waals surface area contributed by atoms with Crippen molar-refractivity contribution < 1.29 is 9.59 Å². The van der Waals surface area contributed by atoms with Crippen LogP contribution in [0.3, 0.4) is 0 Å². The molecule has 0 bridgehead atoms. The van der Waals surface area contributed by atoms with Gasteiger partial charge in [0.1, 0.15) is 5.78 Å². The zero-order valence-electron chi connectivity index (χ0n) is 17.9. The number of hydrogen-bond donors (Lipinski definition) is 0. The standard InChI is InChI=1S/C29H25NO2/c31-28(13-7-20-4-2-1-3-5-20)23-11-9-22(10-12-23)26-18-27(26)29(32)17-21-6-8-25-19-30-15-14-24(25)16-21/h1-6,8-12,14-16,19,26-27H,7,13,17-18H2/t26-,27+/m0/s1. The summed E-state index contributed by atoms with van der Waals surface area (Å²) in [7, 11) is 0. The molecular weight excluding hydrogens is 394 g/mol. The topological polar surface area (TPSA) is 47.0 Å². The van der Waals surface area contributed by atoms with Gasteiger partial charge in [0.25, 0.3) is 0 Å². The van der Waals surface area contributed by atoms with Crippen molar-refractivity contribution in [2.75, 3.05) is 0 Å². The van der Waals surface area contributed by atoms with Crippen LogP contribution in [-0.4, -0.2) is 16.6 Å². The Bertz CT molecular complexity index is 1260. The van der Waals surface area contributed by atoms with Crippen molar-refractivity contribution in [3.8, 4) is 0 Å². The fourth-order valence-electron chi connectivity index (χ4n) is 4.46. The molecule has 3 heteroatoms. The molecule has 2 atom stereocenters. The highest BCUT2D eigenvalue weighted by Gasteiger charge is 2.43. The van der Waals surface area contributed by atoms with E-state index in [-0.39, 0.29) is 17.6 Å². The average Bonchev–Trinajstić information content (AvgIpc) is 3.64. The van der Waals surface area contributed by atoms with Gasteiger partial charge in [-0.1, -0.05) is 72.8 Å². The Morgan fingerprint density at radius 2 is 1.66 bits per heavy atom. The van der Waals surface area contributed by atoms with E-state index in [1.54, 1.807) is 6.20 Å². The molecule has 0 spiro atoms. The van der Waals surface area contributed by atoms with Crippen molar-refractivity contribution in [3.05, 3.63) is 114 Å². The van der Waals surface area contributed by atoms with Crippen LogP contribution in [0.4, 0.5) is 0 Å². The van der Waals surface area contributed by atoms with Crippen LogP contribution >= 0.6 is 0 Å². The first-order valence-electron chi connectivity index (χ1n) is 11.2. The van der Waals surface area contributed by atoms with Gasteiger partial charge in [-0.2, -0.15) is 0 Å². The Morgan fingerprint density at radius 3 is 2.47 bits per heavy atom. The fourth-order valence-corrected chi connectivity index (χ4v) is 4.46. The number of aryl methyl sites for hydroxylation is 1. The first kappa shape index (κ1) is 20.3. The van der Waals surface area contributed by atoms with E-state index in [2.05, 4.69) is 23.2 Å². The number of Topliss-reactive ketones (excluding diaryl/α,β-unsaturated/α-hetero) is 2. The molecule has 0 N–H and O–H groups in total. The van der Waals surface area contributed by atoms with Crippen molar-refractivity contribution in [2.24, 2.45) is 5.92 Å². The Labute approximate surface area is 188 Å². The van der Waals surface area contributed by atoms with Gasteiger partial charge >= 0.3 is 0 Å². The minimum atomic E-state index is 0.0859. The Hall–Kier alpha value is -3.59. The zero-order chi connectivity index (χ0) is 21.9. The van der Waals surface area contributed by atoms with Crippen molar-refractivity contribution in [1.82, 2.24) is 4.98 Å². The smallest absolute Gasteiger partial charge is 0.163 e. The molecule has 1 aliphatic rings. The number of hydrogen-bond acceptors (Lipinski definition) is 3. The molecule has 1 aliphatic carbocycles. The third-order valence-corrected chi connectivity index (χ3v) is 6.43. The molecule has 0 radical (unpaired) electrons. The van der Waals surface area contributed by atoms with Crippen molar-refractivity contribution in [2.45, 2.75) is 31.6 Å². The summed E-state index contributed by atoms with van der Waals surface area (Å²) in [6, 6.07) is 26.1. The van der Waals surface area contributed by atoms with Crippen molar-refractivity contribution >= 4 is 22.3 Å². The summed E-state index contributed by atoms with van der Waals surface area (Å²) < 4.78 is 0. The maximum absolute atomic E-state index is 12.8.